The summed E-state index contributed by atoms with van der Waals surface area (Å²) in [6, 6.07) is 16.0. The lowest BCUT2D eigenvalue weighted by atomic mass is 9.99. The summed E-state index contributed by atoms with van der Waals surface area (Å²) in [5.41, 5.74) is 4.07. The van der Waals surface area contributed by atoms with Crippen LogP contribution in [-0.2, 0) is 4.79 Å². The number of likely N-dealkylation sites (N-methyl/N-ethyl adjacent to an activating group) is 1. The minimum atomic E-state index is -0.0456. The molecule has 27 heavy (non-hydrogen) atoms. The molecule has 1 aliphatic heterocycles. The van der Waals surface area contributed by atoms with Gasteiger partial charge in [-0.05, 0) is 52.2 Å². The molecule has 3 nitrogen and oxygen atoms in total. The van der Waals surface area contributed by atoms with Crippen LogP contribution in [0.3, 0.4) is 0 Å². The molecule has 0 N–H and O–H groups in total. The van der Waals surface area contributed by atoms with Crippen LogP contribution in [0.25, 0.3) is 5.57 Å². The monoisotopic (exact) mass is 424 g/mol. The van der Waals surface area contributed by atoms with Gasteiger partial charge in [-0.3, -0.25) is 4.79 Å². The SMILES string of the molecule is CCCCCN1C=C/C(=C\C(=O)N(C)c2ccccc2Br)c2ccccc21. The summed E-state index contributed by atoms with van der Waals surface area (Å²) in [6.45, 7) is 3.22. The van der Waals surface area contributed by atoms with E-state index in [4.69, 9.17) is 0 Å². The zero-order valence-electron chi connectivity index (χ0n) is 15.9. The molecule has 0 unspecified atom stereocenters. The standard InChI is InChI=1S/C23H25BrN2O/c1-3-4-9-15-26-16-14-18(19-10-5-7-12-21(19)26)17-23(27)25(2)22-13-8-6-11-20(22)24/h5-8,10-14,16-17H,3-4,9,15H2,1-2H3/b18-17+. The highest BCUT2D eigenvalue weighted by molar-refractivity contribution is 9.10. The average Bonchev–Trinajstić information content (AvgIpc) is 2.69. The van der Waals surface area contributed by atoms with Crippen LogP contribution >= 0.6 is 15.9 Å². The number of anilines is 2. The normalized spacial score (nSPS) is 14.3. The molecule has 4 heteroatoms. The molecule has 1 heterocycles. The number of fused-ring (bicyclic) bond motifs is 1. The Morgan fingerprint density at radius 3 is 2.63 bits per heavy atom. The van der Waals surface area contributed by atoms with Gasteiger partial charge in [0.2, 0.25) is 0 Å². The van der Waals surface area contributed by atoms with E-state index in [-0.39, 0.29) is 5.91 Å². The number of hydrogen-bond acceptors (Lipinski definition) is 2. The molecule has 0 bridgehead atoms. The van der Waals surface area contributed by atoms with E-state index in [0.29, 0.717) is 0 Å². The third-order valence-electron chi connectivity index (χ3n) is 4.78. The van der Waals surface area contributed by atoms with Gasteiger partial charge < -0.3 is 9.80 Å². The summed E-state index contributed by atoms with van der Waals surface area (Å²) in [6.07, 6.45) is 9.45. The number of benzene rings is 2. The molecular formula is C23H25BrN2O. The van der Waals surface area contributed by atoms with Gasteiger partial charge in [0.25, 0.3) is 5.91 Å². The van der Waals surface area contributed by atoms with E-state index in [9.17, 15) is 4.79 Å². The number of para-hydroxylation sites is 2. The van der Waals surface area contributed by atoms with Crippen molar-refractivity contribution in [2.24, 2.45) is 0 Å². The highest BCUT2D eigenvalue weighted by Crippen LogP contribution is 2.33. The Balaban J connectivity index is 1.85. The molecule has 0 aliphatic carbocycles. The molecule has 0 spiro atoms. The van der Waals surface area contributed by atoms with Gasteiger partial charge in [-0.25, -0.2) is 0 Å². The van der Waals surface area contributed by atoms with Crippen molar-refractivity contribution in [3.63, 3.8) is 0 Å². The van der Waals surface area contributed by atoms with E-state index in [2.05, 4.69) is 52.2 Å². The van der Waals surface area contributed by atoms with Crippen LogP contribution in [-0.4, -0.2) is 19.5 Å². The van der Waals surface area contributed by atoms with Crippen LogP contribution < -0.4 is 9.80 Å². The number of hydrogen-bond donors (Lipinski definition) is 0. The summed E-state index contributed by atoms with van der Waals surface area (Å²) in [4.78, 5) is 16.8. The van der Waals surface area contributed by atoms with Gasteiger partial charge >= 0.3 is 0 Å². The molecule has 0 fully saturated rings. The summed E-state index contributed by atoms with van der Waals surface area (Å²) in [5, 5.41) is 0. The van der Waals surface area contributed by atoms with Gasteiger partial charge in [-0.2, -0.15) is 0 Å². The molecule has 140 valence electrons. The van der Waals surface area contributed by atoms with Crippen molar-refractivity contribution in [1.82, 2.24) is 0 Å². The number of allylic oxidation sites excluding steroid dienone is 2. The lowest BCUT2D eigenvalue weighted by molar-refractivity contribution is -0.113. The second-order valence-electron chi connectivity index (χ2n) is 6.68. The summed E-state index contributed by atoms with van der Waals surface area (Å²) >= 11 is 3.52. The van der Waals surface area contributed by atoms with Gasteiger partial charge in [0, 0.05) is 41.6 Å². The first-order valence-corrected chi connectivity index (χ1v) is 10.2. The van der Waals surface area contributed by atoms with Crippen molar-refractivity contribution in [3.8, 4) is 0 Å². The largest absolute Gasteiger partial charge is 0.347 e. The fraction of sp³-hybridized carbons (Fsp3) is 0.261. The lowest BCUT2D eigenvalue weighted by Crippen LogP contribution is -2.25. The van der Waals surface area contributed by atoms with Gasteiger partial charge in [-0.1, -0.05) is 50.1 Å². The molecule has 3 rings (SSSR count). The fourth-order valence-electron chi connectivity index (χ4n) is 3.23. The topological polar surface area (TPSA) is 23.6 Å². The van der Waals surface area contributed by atoms with Gasteiger partial charge in [0.1, 0.15) is 0 Å². The second-order valence-corrected chi connectivity index (χ2v) is 7.54. The van der Waals surface area contributed by atoms with Crippen LogP contribution in [0.2, 0.25) is 0 Å². The molecule has 0 saturated carbocycles. The average molecular weight is 425 g/mol. The minimum Gasteiger partial charge on any atom is -0.347 e. The van der Waals surface area contributed by atoms with Crippen molar-refractivity contribution in [2.75, 3.05) is 23.4 Å². The molecular weight excluding hydrogens is 400 g/mol. The van der Waals surface area contributed by atoms with E-state index in [0.717, 1.165) is 34.3 Å². The van der Waals surface area contributed by atoms with E-state index in [1.54, 1.807) is 18.0 Å². The Hall–Kier alpha value is -2.33. The predicted octanol–water partition coefficient (Wildman–Crippen LogP) is 6.02. The fourth-order valence-corrected chi connectivity index (χ4v) is 3.78. The Bertz CT molecular complexity index is 872. The Labute approximate surface area is 170 Å². The molecule has 0 radical (unpaired) electrons. The van der Waals surface area contributed by atoms with Crippen LogP contribution in [0.4, 0.5) is 11.4 Å². The Morgan fingerprint density at radius 1 is 1.11 bits per heavy atom. The summed E-state index contributed by atoms with van der Waals surface area (Å²) in [7, 11) is 1.80. The third kappa shape index (κ3) is 4.51. The smallest absolute Gasteiger partial charge is 0.251 e. The van der Waals surface area contributed by atoms with Gasteiger partial charge in [-0.15, -0.1) is 0 Å². The maximum Gasteiger partial charge on any atom is 0.251 e. The van der Waals surface area contributed by atoms with E-state index in [1.807, 2.05) is 36.4 Å². The van der Waals surface area contributed by atoms with Crippen molar-refractivity contribution in [1.29, 1.82) is 0 Å². The van der Waals surface area contributed by atoms with Crippen LogP contribution in [0.1, 0.15) is 31.7 Å². The zero-order chi connectivity index (χ0) is 19.2. The number of rotatable bonds is 6. The maximum absolute atomic E-state index is 12.8. The molecule has 2 aromatic carbocycles. The maximum atomic E-state index is 12.8. The lowest BCUT2D eigenvalue weighted by Gasteiger charge is -2.28. The van der Waals surface area contributed by atoms with Crippen LogP contribution in [0.15, 0.2) is 71.4 Å². The van der Waals surface area contributed by atoms with Crippen LogP contribution in [0, 0.1) is 0 Å². The quantitative estimate of drug-likeness (QED) is 0.418. The van der Waals surface area contributed by atoms with Gasteiger partial charge in [0.05, 0.1) is 5.69 Å². The number of halogens is 1. The number of amides is 1. The highest BCUT2D eigenvalue weighted by Gasteiger charge is 2.18. The number of carbonyl (C=O) groups is 1. The van der Waals surface area contributed by atoms with Crippen molar-refractivity contribution in [3.05, 3.63) is 76.9 Å². The first-order chi connectivity index (χ1) is 13.1. The van der Waals surface area contributed by atoms with Crippen molar-refractivity contribution in [2.45, 2.75) is 26.2 Å². The summed E-state index contributed by atoms with van der Waals surface area (Å²) < 4.78 is 0.904. The molecule has 1 aliphatic rings. The van der Waals surface area contributed by atoms with E-state index < -0.39 is 0 Å². The van der Waals surface area contributed by atoms with E-state index >= 15 is 0 Å². The number of nitrogens with zero attached hydrogens (tertiary/aromatic N) is 2. The van der Waals surface area contributed by atoms with Crippen molar-refractivity contribution < 1.29 is 4.79 Å². The number of unbranched alkanes of at least 4 members (excludes halogenated alkanes) is 2. The Kier molecular flexibility index (Phi) is 6.51. The second kappa shape index (κ2) is 9.05. The third-order valence-corrected chi connectivity index (χ3v) is 5.46. The molecule has 2 aromatic rings. The molecule has 0 atom stereocenters. The molecule has 0 saturated heterocycles. The minimum absolute atomic E-state index is 0.0456. The van der Waals surface area contributed by atoms with Crippen LogP contribution in [0.5, 0.6) is 0 Å². The Morgan fingerprint density at radius 2 is 1.85 bits per heavy atom. The van der Waals surface area contributed by atoms with Crippen molar-refractivity contribution >= 4 is 38.8 Å². The predicted molar refractivity (Wildman–Crippen MR) is 118 cm³/mol. The van der Waals surface area contributed by atoms with Gasteiger partial charge in [0.15, 0.2) is 0 Å². The molecule has 1 amide bonds. The highest BCUT2D eigenvalue weighted by atomic mass is 79.9. The first kappa shape index (κ1) is 19.4. The summed E-state index contributed by atoms with van der Waals surface area (Å²) in [5.74, 6) is -0.0456. The van der Waals surface area contributed by atoms with E-state index in [1.165, 1.54) is 18.5 Å². The first-order valence-electron chi connectivity index (χ1n) is 9.40. The zero-order valence-corrected chi connectivity index (χ0v) is 17.4. The molecule has 0 aromatic heterocycles. The number of carbonyl (C=O) groups excluding carboxylic acids is 1.